The molecule has 0 N–H and O–H groups in total. The molecule has 56 valence electrons. The van der Waals surface area contributed by atoms with Crippen LogP contribution in [0.3, 0.4) is 0 Å². The molecule has 0 radical (unpaired) electrons. The van der Waals surface area contributed by atoms with Gasteiger partial charge < -0.3 is 9.05 Å². The summed E-state index contributed by atoms with van der Waals surface area (Å²) in [5.74, 6) is -2.09. The first-order valence-corrected chi connectivity index (χ1v) is 6.26. The lowest BCUT2D eigenvalue weighted by Gasteiger charge is -2.09. The van der Waals surface area contributed by atoms with E-state index in [0.29, 0.717) is 12.5 Å². The summed E-state index contributed by atoms with van der Waals surface area (Å²) in [7, 11) is 1.42. The van der Waals surface area contributed by atoms with Gasteiger partial charge in [-0.15, -0.1) is 11.6 Å². The van der Waals surface area contributed by atoms with E-state index in [1.807, 2.05) is 0 Å². The van der Waals surface area contributed by atoms with Crippen LogP contribution in [-0.2, 0) is 20.9 Å². The smallest absolute Gasteiger partial charge is 0.281 e. The summed E-state index contributed by atoms with van der Waals surface area (Å²) in [5, 5.41) is 0. The van der Waals surface area contributed by atoms with Crippen molar-refractivity contribution in [1.82, 2.24) is 0 Å². The maximum absolute atomic E-state index is 5.52. The van der Waals surface area contributed by atoms with Crippen LogP contribution < -0.4 is 0 Å². The quantitative estimate of drug-likeness (QED) is 0.523. The minimum Gasteiger partial charge on any atom is -0.321 e. The molecule has 0 saturated heterocycles. The molecule has 1 unspecified atom stereocenters. The van der Waals surface area contributed by atoms with Gasteiger partial charge in [0.2, 0.25) is 0 Å². The van der Waals surface area contributed by atoms with Gasteiger partial charge in [-0.05, 0) is 23.0 Å². The number of halogens is 2. The van der Waals surface area contributed by atoms with Crippen LogP contribution in [0.4, 0.5) is 0 Å². The van der Waals surface area contributed by atoms with Crippen molar-refractivity contribution in [2.45, 2.75) is 0 Å². The summed E-state index contributed by atoms with van der Waals surface area (Å²) in [5.41, 5.74) is 0. The predicted octanol–water partition coefficient (Wildman–Crippen LogP) is 2.35. The fraction of sp³-hybridized carbons (Fsp3) is 1.00. The number of hydrogen-bond donors (Lipinski definition) is 0. The van der Waals surface area contributed by atoms with Crippen molar-refractivity contribution in [2.24, 2.45) is 0 Å². The standard InChI is InChI=1S/C3H7Cl2O2PS/c1-6-8(5,9)7-3-2-4/h2-3H2,1H3. The van der Waals surface area contributed by atoms with Crippen LogP contribution in [0.25, 0.3) is 0 Å². The second-order valence-electron chi connectivity index (χ2n) is 1.14. The molecule has 0 heterocycles. The van der Waals surface area contributed by atoms with Crippen LogP contribution in [0.2, 0.25) is 0 Å². The first kappa shape index (κ1) is 10.2. The number of rotatable bonds is 4. The van der Waals surface area contributed by atoms with E-state index in [1.54, 1.807) is 0 Å². The maximum atomic E-state index is 5.52. The van der Waals surface area contributed by atoms with Gasteiger partial charge in [0.05, 0.1) is 6.61 Å². The molecule has 0 aliphatic heterocycles. The van der Waals surface area contributed by atoms with Gasteiger partial charge in [-0.1, -0.05) is 0 Å². The van der Waals surface area contributed by atoms with Crippen molar-refractivity contribution in [2.75, 3.05) is 19.6 Å². The van der Waals surface area contributed by atoms with E-state index in [4.69, 9.17) is 27.4 Å². The van der Waals surface area contributed by atoms with E-state index < -0.39 is 5.84 Å². The highest BCUT2D eigenvalue weighted by Crippen LogP contribution is 2.52. The Labute approximate surface area is 69.4 Å². The third kappa shape index (κ3) is 5.59. The van der Waals surface area contributed by atoms with E-state index in [2.05, 4.69) is 16.3 Å². The van der Waals surface area contributed by atoms with Gasteiger partial charge in [-0.3, -0.25) is 0 Å². The lowest BCUT2D eigenvalue weighted by atomic mass is 10.9. The molecule has 9 heavy (non-hydrogen) atoms. The molecule has 0 fully saturated rings. The van der Waals surface area contributed by atoms with Crippen LogP contribution in [-0.4, -0.2) is 19.6 Å². The molecule has 0 aromatic heterocycles. The molecular weight excluding hydrogens is 202 g/mol. The van der Waals surface area contributed by atoms with E-state index >= 15 is 0 Å². The zero-order valence-corrected chi connectivity index (χ0v) is 8.06. The molecule has 0 aromatic carbocycles. The fourth-order valence-corrected chi connectivity index (χ4v) is 1.23. The Morgan fingerprint density at radius 2 is 2.22 bits per heavy atom. The summed E-state index contributed by atoms with van der Waals surface area (Å²) in [6.07, 6.45) is 0. The van der Waals surface area contributed by atoms with E-state index in [9.17, 15) is 0 Å². The van der Waals surface area contributed by atoms with Gasteiger partial charge in [0, 0.05) is 13.0 Å². The highest BCUT2D eigenvalue weighted by molar-refractivity contribution is 8.22. The van der Waals surface area contributed by atoms with Crippen molar-refractivity contribution in [1.29, 1.82) is 0 Å². The Hall–Kier alpha value is 1.15. The minimum atomic E-state index is -2.47. The van der Waals surface area contributed by atoms with Gasteiger partial charge in [-0.25, -0.2) is 0 Å². The summed E-state index contributed by atoms with van der Waals surface area (Å²) >= 11 is 15.5. The minimum absolute atomic E-state index is 0.343. The Morgan fingerprint density at radius 1 is 1.67 bits per heavy atom. The average molecular weight is 209 g/mol. The molecule has 0 amide bonds. The number of alkyl halides is 1. The molecule has 6 heteroatoms. The van der Waals surface area contributed by atoms with Crippen molar-refractivity contribution >= 4 is 40.5 Å². The Bertz CT molecular complexity index is 120. The normalized spacial score (nSPS) is 17.2. The molecule has 1 atom stereocenters. The Balaban J connectivity index is 3.46. The van der Waals surface area contributed by atoms with Gasteiger partial charge in [-0.2, -0.15) is 0 Å². The summed E-state index contributed by atoms with van der Waals surface area (Å²) in [6.45, 7) is 0.343. The molecular formula is C3H7Cl2O2PS. The summed E-state index contributed by atoms with van der Waals surface area (Å²) in [4.78, 5) is 0. The molecule has 0 aromatic rings. The van der Waals surface area contributed by atoms with Crippen LogP contribution in [0.5, 0.6) is 0 Å². The third-order valence-corrected chi connectivity index (χ3v) is 3.09. The lowest BCUT2D eigenvalue weighted by molar-refractivity contribution is 0.310. The Morgan fingerprint density at radius 3 is 2.56 bits per heavy atom. The highest BCUT2D eigenvalue weighted by atomic mass is 35.7. The largest absolute Gasteiger partial charge is 0.321 e. The lowest BCUT2D eigenvalue weighted by Crippen LogP contribution is -1.90. The summed E-state index contributed by atoms with van der Waals surface area (Å²) in [6, 6.07) is 0. The van der Waals surface area contributed by atoms with Gasteiger partial charge in [0.25, 0.3) is 5.84 Å². The molecule has 0 aliphatic carbocycles. The zero-order valence-electron chi connectivity index (χ0n) is 4.84. The first-order valence-electron chi connectivity index (χ1n) is 2.18. The van der Waals surface area contributed by atoms with Gasteiger partial charge >= 0.3 is 0 Å². The second-order valence-corrected chi connectivity index (χ2v) is 6.38. The average Bonchev–Trinajstić information content (AvgIpc) is 1.84. The Kier molecular flexibility index (Phi) is 5.51. The molecule has 0 spiro atoms. The maximum Gasteiger partial charge on any atom is 0.281 e. The highest BCUT2D eigenvalue weighted by Gasteiger charge is 2.10. The summed E-state index contributed by atoms with van der Waals surface area (Å²) < 4.78 is 9.52. The van der Waals surface area contributed by atoms with E-state index in [-0.39, 0.29) is 0 Å². The van der Waals surface area contributed by atoms with Gasteiger partial charge in [0.1, 0.15) is 0 Å². The van der Waals surface area contributed by atoms with Crippen molar-refractivity contribution in [3.05, 3.63) is 0 Å². The van der Waals surface area contributed by atoms with Crippen LogP contribution >= 0.6 is 28.7 Å². The van der Waals surface area contributed by atoms with Crippen LogP contribution in [0.15, 0.2) is 0 Å². The first-order chi connectivity index (χ1) is 4.12. The number of hydrogen-bond acceptors (Lipinski definition) is 3. The predicted molar refractivity (Wildman–Crippen MR) is 43.8 cm³/mol. The fourth-order valence-electron chi connectivity index (χ4n) is 0.196. The molecule has 0 bridgehead atoms. The molecule has 0 aliphatic rings. The third-order valence-electron chi connectivity index (χ3n) is 0.541. The molecule has 2 nitrogen and oxygen atoms in total. The van der Waals surface area contributed by atoms with Crippen molar-refractivity contribution < 1.29 is 9.05 Å². The molecule has 0 rings (SSSR count). The monoisotopic (exact) mass is 208 g/mol. The van der Waals surface area contributed by atoms with Crippen LogP contribution in [0, 0.1) is 0 Å². The molecule has 0 saturated carbocycles. The zero-order chi connectivity index (χ0) is 7.33. The van der Waals surface area contributed by atoms with E-state index in [1.165, 1.54) is 7.11 Å². The topological polar surface area (TPSA) is 18.5 Å². The SMILES string of the molecule is COP(=S)(Cl)OCCCl. The van der Waals surface area contributed by atoms with Crippen molar-refractivity contribution in [3.63, 3.8) is 0 Å². The van der Waals surface area contributed by atoms with Gasteiger partial charge in [0.15, 0.2) is 0 Å². The van der Waals surface area contributed by atoms with Crippen LogP contribution in [0.1, 0.15) is 0 Å². The van der Waals surface area contributed by atoms with Crippen molar-refractivity contribution in [3.8, 4) is 0 Å². The van der Waals surface area contributed by atoms with E-state index in [0.717, 1.165) is 0 Å². The second kappa shape index (κ2) is 4.89.